The lowest BCUT2D eigenvalue weighted by Crippen LogP contribution is -2.03. The Bertz CT molecular complexity index is 823. The van der Waals surface area contributed by atoms with Crippen LogP contribution in [0.3, 0.4) is 0 Å². The number of aromatic nitrogens is 3. The van der Waals surface area contributed by atoms with Crippen LogP contribution in [0.5, 0.6) is 0 Å². The first-order valence-electron chi connectivity index (χ1n) is 7.08. The van der Waals surface area contributed by atoms with Gasteiger partial charge >= 0.3 is 0 Å². The van der Waals surface area contributed by atoms with Crippen LogP contribution in [-0.2, 0) is 6.54 Å². The van der Waals surface area contributed by atoms with Gasteiger partial charge in [-0.1, -0.05) is 46.6 Å². The molecular weight excluding hydrogens is 296 g/mol. The summed E-state index contributed by atoms with van der Waals surface area (Å²) >= 11 is 6.24. The van der Waals surface area contributed by atoms with Gasteiger partial charge in [-0.2, -0.15) is 0 Å². The van der Waals surface area contributed by atoms with Crippen LogP contribution >= 0.6 is 11.6 Å². The highest BCUT2D eigenvalue weighted by molar-refractivity contribution is 6.31. The zero-order valence-corrected chi connectivity index (χ0v) is 13.3. The van der Waals surface area contributed by atoms with E-state index in [-0.39, 0.29) is 0 Å². The summed E-state index contributed by atoms with van der Waals surface area (Å²) in [6, 6.07) is 14.1. The van der Waals surface area contributed by atoms with Gasteiger partial charge in [0.15, 0.2) is 0 Å². The quantitative estimate of drug-likeness (QED) is 0.803. The van der Waals surface area contributed by atoms with E-state index in [0.717, 1.165) is 28.2 Å². The Morgan fingerprint density at radius 2 is 1.95 bits per heavy atom. The summed E-state index contributed by atoms with van der Waals surface area (Å²) in [4.78, 5) is 0. The largest absolute Gasteiger partial charge is 0.325 e. The van der Waals surface area contributed by atoms with Crippen molar-refractivity contribution in [2.45, 2.75) is 20.4 Å². The maximum atomic E-state index is 6.24. The van der Waals surface area contributed by atoms with Crippen molar-refractivity contribution >= 4 is 11.6 Å². The Morgan fingerprint density at radius 3 is 2.64 bits per heavy atom. The first-order valence-corrected chi connectivity index (χ1v) is 7.46. The average molecular weight is 313 g/mol. The molecule has 112 valence electrons. The first kappa shape index (κ1) is 14.8. The molecule has 4 nitrogen and oxygen atoms in total. The van der Waals surface area contributed by atoms with Crippen molar-refractivity contribution in [3.63, 3.8) is 0 Å². The molecule has 0 unspecified atom stereocenters. The predicted octanol–water partition coefficient (Wildman–Crippen LogP) is 3.66. The van der Waals surface area contributed by atoms with Crippen molar-refractivity contribution in [3.05, 3.63) is 64.3 Å². The van der Waals surface area contributed by atoms with Crippen molar-refractivity contribution in [1.82, 2.24) is 15.0 Å². The summed E-state index contributed by atoms with van der Waals surface area (Å²) in [6.07, 6.45) is 0. The number of rotatable bonds is 3. The smallest absolute Gasteiger partial charge is 0.105 e. The van der Waals surface area contributed by atoms with Crippen LogP contribution in [-0.4, -0.2) is 15.0 Å². The number of halogens is 1. The number of hydrogen-bond acceptors (Lipinski definition) is 3. The molecule has 0 fully saturated rings. The normalized spacial score (nSPS) is 10.9. The Labute approximate surface area is 134 Å². The van der Waals surface area contributed by atoms with Gasteiger partial charge in [-0.15, -0.1) is 5.10 Å². The molecule has 0 atom stereocenters. The number of benzene rings is 2. The maximum absolute atomic E-state index is 6.24. The lowest BCUT2D eigenvalue weighted by Gasteiger charge is -2.10. The van der Waals surface area contributed by atoms with Crippen molar-refractivity contribution in [3.8, 4) is 16.9 Å². The molecule has 0 saturated heterocycles. The van der Waals surface area contributed by atoms with Crippen LogP contribution in [0.1, 0.15) is 16.8 Å². The minimum absolute atomic E-state index is 0.336. The van der Waals surface area contributed by atoms with Crippen molar-refractivity contribution < 1.29 is 0 Å². The zero-order valence-electron chi connectivity index (χ0n) is 12.5. The third-order valence-corrected chi connectivity index (χ3v) is 4.03. The Kier molecular flexibility index (Phi) is 3.96. The number of nitrogens with zero attached hydrogens (tertiary/aromatic N) is 3. The molecular formula is C17H17ClN4. The number of aryl methyl sites for hydroxylation is 2. The maximum Gasteiger partial charge on any atom is 0.105 e. The molecule has 0 amide bonds. The molecule has 3 rings (SSSR count). The lowest BCUT2D eigenvalue weighted by molar-refractivity contribution is 0.799. The topological polar surface area (TPSA) is 56.7 Å². The van der Waals surface area contributed by atoms with Gasteiger partial charge in [-0.05, 0) is 37.6 Å². The molecule has 2 N–H and O–H groups in total. The van der Waals surface area contributed by atoms with Crippen LogP contribution in [0, 0.1) is 13.8 Å². The highest BCUT2D eigenvalue weighted by Crippen LogP contribution is 2.27. The van der Waals surface area contributed by atoms with E-state index >= 15 is 0 Å². The predicted molar refractivity (Wildman–Crippen MR) is 89.2 cm³/mol. The summed E-state index contributed by atoms with van der Waals surface area (Å²) in [5.41, 5.74) is 11.6. The van der Waals surface area contributed by atoms with E-state index in [1.54, 1.807) is 4.68 Å². The summed E-state index contributed by atoms with van der Waals surface area (Å²) in [5, 5.41) is 9.18. The highest BCUT2D eigenvalue weighted by atomic mass is 35.5. The Morgan fingerprint density at radius 1 is 1.14 bits per heavy atom. The van der Waals surface area contributed by atoms with Crippen molar-refractivity contribution in [2.24, 2.45) is 5.73 Å². The van der Waals surface area contributed by atoms with Crippen molar-refractivity contribution in [1.29, 1.82) is 0 Å². The zero-order chi connectivity index (χ0) is 15.7. The molecule has 5 heteroatoms. The molecule has 0 spiro atoms. The molecule has 3 aromatic rings. The fraction of sp³-hybridized carbons (Fsp3) is 0.176. The fourth-order valence-electron chi connectivity index (χ4n) is 2.43. The van der Waals surface area contributed by atoms with Gasteiger partial charge in [0.05, 0.1) is 11.4 Å². The summed E-state index contributed by atoms with van der Waals surface area (Å²) in [5.74, 6) is 0. The first-order chi connectivity index (χ1) is 10.6. The monoisotopic (exact) mass is 312 g/mol. The van der Waals surface area contributed by atoms with Gasteiger partial charge in [-0.3, -0.25) is 0 Å². The molecule has 1 aromatic heterocycles. The van der Waals surface area contributed by atoms with Crippen LogP contribution < -0.4 is 5.73 Å². The minimum atomic E-state index is 0.336. The van der Waals surface area contributed by atoms with E-state index in [1.165, 1.54) is 5.56 Å². The standard InChI is InChI=1S/C17H17ClN4/c1-11-4-3-5-13(8-11)17-16(10-19)20-21-22(17)14-7-6-12(2)15(18)9-14/h3-9H,10,19H2,1-2H3. The van der Waals surface area contributed by atoms with E-state index in [1.807, 2.05) is 37.3 Å². The van der Waals surface area contributed by atoms with Crippen LogP contribution in [0.15, 0.2) is 42.5 Å². The summed E-state index contributed by atoms with van der Waals surface area (Å²) in [6.45, 7) is 4.37. The second-order valence-corrected chi connectivity index (χ2v) is 5.71. The highest BCUT2D eigenvalue weighted by Gasteiger charge is 2.15. The lowest BCUT2D eigenvalue weighted by atomic mass is 10.1. The molecule has 0 aliphatic heterocycles. The molecule has 0 bridgehead atoms. The van der Waals surface area contributed by atoms with Crippen molar-refractivity contribution in [2.75, 3.05) is 0 Å². The van der Waals surface area contributed by atoms with E-state index in [0.29, 0.717) is 11.6 Å². The van der Waals surface area contributed by atoms with E-state index in [9.17, 15) is 0 Å². The van der Waals surface area contributed by atoms with Crippen LogP contribution in [0.25, 0.3) is 16.9 Å². The van der Waals surface area contributed by atoms with E-state index in [4.69, 9.17) is 17.3 Å². The Hall–Kier alpha value is -2.17. The van der Waals surface area contributed by atoms with Crippen LogP contribution in [0.2, 0.25) is 5.02 Å². The summed E-state index contributed by atoms with van der Waals surface area (Å²) in [7, 11) is 0. The third-order valence-electron chi connectivity index (χ3n) is 3.62. The molecule has 2 aromatic carbocycles. The third kappa shape index (κ3) is 2.63. The SMILES string of the molecule is Cc1cccc(-c2c(CN)nnn2-c2ccc(C)c(Cl)c2)c1. The van der Waals surface area contributed by atoms with E-state index < -0.39 is 0 Å². The van der Waals surface area contributed by atoms with Gasteiger partial charge < -0.3 is 5.73 Å². The van der Waals surface area contributed by atoms with Crippen LogP contribution in [0.4, 0.5) is 0 Å². The van der Waals surface area contributed by atoms with Gasteiger partial charge in [-0.25, -0.2) is 4.68 Å². The molecule has 0 aliphatic carbocycles. The van der Waals surface area contributed by atoms with Gasteiger partial charge in [0.25, 0.3) is 0 Å². The number of hydrogen-bond donors (Lipinski definition) is 1. The molecule has 0 radical (unpaired) electrons. The second kappa shape index (κ2) is 5.91. The van der Waals surface area contributed by atoms with E-state index in [2.05, 4.69) is 29.4 Å². The molecule has 22 heavy (non-hydrogen) atoms. The van der Waals surface area contributed by atoms with Gasteiger partial charge in [0.1, 0.15) is 5.69 Å². The fourth-order valence-corrected chi connectivity index (χ4v) is 2.60. The molecule has 0 aliphatic rings. The minimum Gasteiger partial charge on any atom is -0.325 e. The Balaban J connectivity index is 2.21. The number of nitrogens with two attached hydrogens (primary N) is 1. The summed E-state index contributed by atoms with van der Waals surface area (Å²) < 4.78 is 1.79. The van der Waals surface area contributed by atoms with Gasteiger partial charge in [0.2, 0.25) is 0 Å². The average Bonchev–Trinajstić information content (AvgIpc) is 2.94. The molecule has 1 heterocycles. The molecule has 0 saturated carbocycles. The van der Waals surface area contributed by atoms with Gasteiger partial charge in [0, 0.05) is 17.1 Å². The second-order valence-electron chi connectivity index (χ2n) is 5.30.